The van der Waals surface area contributed by atoms with E-state index in [2.05, 4.69) is 53.7 Å². The molecule has 0 saturated heterocycles. The van der Waals surface area contributed by atoms with Crippen molar-refractivity contribution in [2.75, 3.05) is 0 Å². The third-order valence-electron chi connectivity index (χ3n) is 2.81. The van der Waals surface area contributed by atoms with Gasteiger partial charge in [0.1, 0.15) is 0 Å². The van der Waals surface area contributed by atoms with Crippen LogP contribution in [0.25, 0.3) is 0 Å². The average Bonchev–Trinajstić information content (AvgIpc) is 2.09. The van der Waals surface area contributed by atoms with Gasteiger partial charge in [0.05, 0.1) is 6.10 Å². The van der Waals surface area contributed by atoms with Crippen molar-refractivity contribution in [3.8, 4) is 0 Å². The highest BCUT2D eigenvalue weighted by Crippen LogP contribution is 2.40. The van der Waals surface area contributed by atoms with Crippen LogP contribution < -0.4 is 0 Å². The van der Waals surface area contributed by atoms with E-state index >= 15 is 0 Å². The standard InChI is InChI=1S/C12H20O.C4H10/c1-5-6-11-9(2)7-10(13)8-12(11,3)4;1-4(2)3/h5-6,10,13H,7-8H2,1-4H3;4H,1-3H3/b6-5+;. The summed E-state index contributed by atoms with van der Waals surface area (Å²) in [4.78, 5) is 0. The lowest BCUT2D eigenvalue weighted by atomic mass is 9.71. The molecule has 0 fully saturated rings. The monoisotopic (exact) mass is 238 g/mol. The van der Waals surface area contributed by atoms with Crippen LogP contribution in [-0.2, 0) is 0 Å². The van der Waals surface area contributed by atoms with E-state index in [1.54, 1.807) is 0 Å². The molecular weight excluding hydrogens is 208 g/mol. The van der Waals surface area contributed by atoms with Gasteiger partial charge in [-0.3, -0.25) is 0 Å². The summed E-state index contributed by atoms with van der Waals surface area (Å²) in [7, 11) is 0. The van der Waals surface area contributed by atoms with Crippen LogP contribution in [0.1, 0.15) is 61.3 Å². The maximum atomic E-state index is 9.64. The molecule has 0 aliphatic heterocycles. The van der Waals surface area contributed by atoms with Crippen LogP contribution in [-0.4, -0.2) is 11.2 Å². The predicted molar refractivity (Wildman–Crippen MR) is 77.0 cm³/mol. The van der Waals surface area contributed by atoms with Crippen LogP contribution in [0.2, 0.25) is 0 Å². The van der Waals surface area contributed by atoms with Gasteiger partial charge in [0.15, 0.2) is 0 Å². The van der Waals surface area contributed by atoms with Crippen molar-refractivity contribution in [1.29, 1.82) is 0 Å². The minimum Gasteiger partial charge on any atom is -0.393 e. The molecule has 0 aromatic carbocycles. The first-order valence-corrected chi connectivity index (χ1v) is 6.71. The summed E-state index contributed by atoms with van der Waals surface area (Å²) in [6, 6.07) is 0. The van der Waals surface area contributed by atoms with Gasteiger partial charge in [0, 0.05) is 0 Å². The minimum absolute atomic E-state index is 0.133. The fourth-order valence-corrected chi connectivity index (χ4v) is 2.35. The number of aliphatic hydroxyl groups is 1. The van der Waals surface area contributed by atoms with Gasteiger partial charge in [0.2, 0.25) is 0 Å². The van der Waals surface area contributed by atoms with E-state index in [4.69, 9.17) is 0 Å². The lowest BCUT2D eigenvalue weighted by molar-refractivity contribution is 0.116. The Kier molecular flexibility index (Phi) is 6.77. The van der Waals surface area contributed by atoms with Crippen LogP contribution in [0.3, 0.4) is 0 Å². The third kappa shape index (κ3) is 6.07. The highest BCUT2D eigenvalue weighted by atomic mass is 16.3. The molecule has 0 aromatic heterocycles. The first-order valence-electron chi connectivity index (χ1n) is 6.71. The number of allylic oxidation sites excluding steroid dienone is 3. The Labute approximate surface area is 108 Å². The molecule has 0 radical (unpaired) electrons. The average molecular weight is 238 g/mol. The Hall–Kier alpha value is -0.560. The first-order chi connectivity index (χ1) is 7.70. The van der Waals surface area contributed by atoms with Crippen molar-refractivity contribution in [2.45, 2.75) is 67.4 Å². The van der Waals surface area contributed by atoms with Gasteiger partial charge in [-0.05, 0) is 43.6 Å². The molecule has 0 heterocycles. The van der Waals surface area contributed by atoms with Crippen LogP contribution in [0, 0.1) is 11.3 Å². The second-order valence-electron chi connectivity index (χ2n) is 6.37. The number of rotatable bonds is 1. The molecule has 1 aliphatic carbocycles. The number of aliphatic hydroxyl groups excluding tert-OH is 1. The zero-order valence-corrected chi connectivity index (χ0v) is 12.7. The predicted octanol–water partition coefficient (Wildman–Crippen LogP) is 4.72. The first kappa shape index (κ1) is 16.4. The van der Waals surface area contributed by atoms with Gasteiger partial charge in [-0.25, -0.2) is 0 Å². The topological polar surface area (TPSA) is 20.2 Å². The molecule has 0 saturated carbocycles. The van der Waals surface area contributed by atoms with Crippen molar-refractivity contribution >= 4 is 0 Å². The van der Waals surface area contributed by atoms with Crippen molar-refractivity contribution in [3.63, 3.8) is 0 Å². The molecule has 1 heteroatoms. The SMILES string of the molecule is C/C=C/C1=C(C)CC(O)CC1(C)C.CC(C)C. The second kappa shape index (κ2) is 7.00. The molecule has 1 atom stereocenters. The molecule has 100 valence electrons. The van der Waals surface area contributed by atoms with Gasteiger partial charge in [0.25, 0.3) is 0 Å². The molecule has 17 heavy (non-hydrogen) atoms. The van der Waals surface area contributed by atoms with Crippen LogP contribution >= 0.6 is 0 Å². The number of hydrogen-bond acceptors (Lipinski definition) is 1. The minimum atomic E-state index is -0.149. The van der Waals surface area contributed by atoms with Crippen LogP contribution in [0.4, 0.5) is 0 Å². The summed E-state index contributed by atoms with van der Waals surface area (Å²) in [5.41, 5.74) is 2.87. The van der Waals surface area contributed by atoms with E-state index in [0.29, 0.717) is 0 Å². The summed E-state index contributed by atoms with van der Waals surface area (Å²) >= 11 is 0. The van der Waals surface area contributed by atoms with E-state index in [0.717, 1.165) is 18.8 Å². The number of hydrogen-bond donors (Lipinski definition) is 1. The van der Waals surface area contributed by atoms with Gasteiger partial charge >= 0.3 is 0 Å². The van der Waals surface area contributed by atoms with Gasteiger partial charge < -0.3 is 5.11 Å². The van der Waals surface area contributed by atoms with E-state index < -0.39 is 0 Å². The molecular formula is C16H30O. The van der Waals surface area contributed by atoms with E-state index in [-0.39, 0.29) is 11.5 Å². The maximum Gasteiger partial charge on any atom is 0.0585 e. The lowest BCUT2D eigenvalue weighted by Gasteiger charge is -2.35. The van der Waals surface area contributed by atoms with Crippen LogP contribution in [0.15, 0.2) is 23.3 Å². The van der Waals surface area contributed by atoms with E-state index in [1.165, 1.54) is 11.1 Å². The van der Waals surface area contributed by atoms with Crippen molar-refractivity contribution in [1.82, 2.24) is 0 Å². The highest BCUT2D eigenvalue weighted by Gasteiger charge is 2.31. The molecule has 1 rings (SSSR count). The summed E-state index contributed by atoms with van der Waals surface area (Å²) in [5, 5.41) is 9.64. The summed E-state index contributed by atoms with van der Waals surface area (Å²) < 4.78 is 0. The quantitative estimate of drug-likeness (QED) is 0.700. The van der Waals surface area contributed by atoms with Gasteiger partial charge in [-0.2, -0.15) is 0 Å². The summed E-state index contributed by atoms with van der Waals surface area (Å²) in [6.45, 7) is 15.1. The lowest BCUT2D eigenvalue weighted by Crippen LogP contribution is -2.28. The van der Waals surface area contributed by atoms with Gasteiger partial charge in [-0.15, -0.1) is 0 Å². The Morgan fingerprint density at radius 2 is 1.76 bits per heavy atom. The fraction of sp³-hybridized carbons (Fsp3) is 0.750. The Morgan fingerprint density at radius 3 is 2.12 bits per heavy atom. The fourth-order valence-electron chi connectivity index (χ4n) is 2.35. The zero-order chi connectivity index (χ0) is 13.6. The molecule has 0 bridgehead atoms. The largest absolute Gasteiger partial charge is 0.393 e. The van der Waals surface area contributed by atoms with E-state index in [9.17, 15) is 5.11 Å². The Morgan fingerprint density at radius 1 is 1.29 bits per heavy atom. The smallest absolute Gasteiger partial charge is 0.0585 e. The summed E-state index contributed by atoms with van der Waals surface area (Å²) in [6.07, 6.45) is 5.83. The second-order valence-corrected chi connectivity index (χ2v) is 6.37. The third-order valence-corrected chi connectivity index (χ3v) is 2.81. The Balaban J connectivity index is 0.000000557. The highest BCUT2D eigenvalue weighted by molar-refractivity contribution is 5.33. The van der Waals surface area contributed by atoms with Crippen molar-refractivity contribution < 1.29 is 5.11 Å². The van der Waals surface area contributed by atoms with Gasteiger partial charge in [-0.1, -0.05) is 52.3 Å². The zero-order valence-electron chi connectivity index (χ0n) is 12.7. The van der Waals surface area contributed by atoms with Crippen molar-refractivity contribution in [2.24, 2.45) is 11.3 Å². The molecule has 1 unspecified atom stereocenters. The Bertz CT molecular complexity index is 279. The summed E-state index contributed by atoms with van der Waals surface area (Å²) in [5.74, 6) is 0.833. The molecule has 0 spiro atoms. The molecule has 1 nitrogen and oxygen atoms in total. The molecule has 1 aliphatic rings. The molecule has 1 N–H and O–H groups in total. The molecule has 0 aromatic rings. The molecule has 0 amide bonds. The normalized spacial score (nSPS) is 23.9. The van der Waals surface area contributed by atoms with Crippen LogP contribution in [0.5, 0.6) is 0 Å². The van der Waals surface area contributed by atoms with Crippen molar-refractivity contribution in [3.05, 3.63) is 23.3 Å². The van der Waals surface area contributed by atoms with E-state index in [1.807, 2.05) is 6.92 Å². The maximum absolute atomic E-state index is 9.64.